The van der Waals surface area contributed by atoms with Crippen LogP contribution in [-0.2, 0) is 0 Å². The summed E-state index contributed by atoms with van der Waals surface area (Å²) in [6.07, 6.45) is 0. The second-order valence-electron chi connectivity index (χ2n) is 3.84. The van der Waals surface area contributed by atoms with Gasteiger partial charge in [-0.3, -0.25) is 4.79 Å². The second-order valence-corrected chi connectivity index (χ2v) is 5.78. The highest BCUT2D eigenvalue weighted by Gasteiger charge is 2.16. The first-order valence-corrected chi connectivity index (χ1v) is 7.04. The molecule has 0 N–H and O–H groups in total. The zero-order valence-corrected chi connectivity index (χ0v) is 13.3. The van der Waals surface area contributed by atoms with Crippen LogP contribution in [0.15, 0.2) is 24.3 Å². The van der Waals surface area contributed by atoms with Crippen LogP contribution in [0.2, 0.25) is 20.1 Å². The molecule has 0 fully saturated rings. The standard InChI is InChI=1S/C13H4Cl5FO/c14-8-3-6(11(19)4-7(8)13(18)20)5-1-9(15)12(17)10(16)2-5/h1-4H. The largest absolute Gasteiger partial charge is 0.276 e. The molecule has 1 nitrogen and oxygen atoms in total. The van der Waals surface area contributed by atoms with E-state index in [0.29, 0.717) is 5.56 Å². The highest BCUT2D eigenvalue weighted by atomic mass is 35.5. The number of halogens is 6. The lowest BCUT2D eigenvalue weighted by atomic mass is 10.0. The maximum atomic E-state index is 14.1. The third-order valence-electron chi connectivity index (χ3n) is 2.56. The van der Waals surface area contributed by atoms with E-state index in [1.807, 2.05) is 0 Å². The van der Waals surface area contributed by atoms with Gasteiger partial charge in [-0.15, -0.1) is 0 Å². The van der Waals surface area contributed by atoms with E-state index < -0.39 is 11.1 Å². The monoisotopic (exact) mass is 370 g/mol. The van der Waals surface area contributed by atoms with Crippen molar-refractivity contribution < 1.29 is 9.18 Å². The number of carbonyl (C=O) groups is 1. The molecule has 7 heteroatoms. The fourth-order valence-electron chi connectivity index (χ4n) is 1.63. The smallest absolute Gasteiger partial charge is 0.253 e. The molecule has 0 saturated carbocycles. The molecule has 0 unspecified atom stereocenters. The summed E-state index contributed by atoms with van der Waals surface area (Å²) in [7, 11) is 0. The van der Waals surface area contributed by atoms with E-state index in [1.165, 1.54) is 18.2 Å². The average Bonchev–Trinajstić information content (AvgIpc) is 2.37. The molecule has 2 rings (SSSR count). The van der Waals surface area contributed by atoms with Gasteiger partial charge in [-0.05, 0) is 41.4 Å². The topological polar surface area (TPSA) is 17.1 Å². The Kier molecular flexibility index (Phi) is 4.83. The maximum Gasteiger partial charge on any atom is 0.253 e. The zero-order valence-electron chi connectivity index (χ0n) is 9.49. The fraction of sp³-hybridized carbons (Fsp3) is 0. The van der Waals surface area contributed by atoms with Gasteiger partial charge in [0.05, 0.1) is 25.7 Å². The summed E-state index contributed by atoms with van der Waals surface area (Å²) in [5, 5.41) is -0.267. The van der Waals surface area contributed by atoms with Crippen LogP contribution < -0.4 is 0 Å². The molecule has 0 saturated heterocycles. The summed E-state index contributed by atoms with van der Waals surface area (Å²) in [4.78, 5) is 11.1. The predicted molar refractivity (Wildman–Crippen MR) is 82.1 cm³/mol. The zero-order chi connectivity index (χ0) is 15.0. The summed E-state index contributed by atoms with van der Waals surface area (Å²) in [5.74, 6) is -0.673. The van der Waals surface area contributed by atoms with E-state index in [1.54, 1.807) is 0 Å². The van der Waals surface area contributed by atoms with E-state index in [-0.39, 0.29) is 31.2 Å². The molecule has 0 aromatic heterocycles. The summed E-state index contributed by atoms with van der Waals surface area (Å²) in [5.41, 5.74) is 0.412. The molecule has 0 radical (unpaired) electrons. The molecule has 0 heterocycles. The quantitative estimate of drug-likeness (QED) is 0.435. The summed E-state index contributed by atoms with van der Waals surface area (Å²) in [6.45, 7) is 0. The van der Waals surface area contributed by atoms with Gasteiger partial charge in [0, 0.05) is 5.56 Å². The Labute approximate surface area is 139 Å². The Hall–Kier alpha value is -0.510. The van der Waals surface area contributed by atoms with Gasteiger partial charge in [0.2, 0.25) is 0 Å². The Balaban J connectivity index is 2.65. The molecular weight excluding hydrogens is 368 g/mol. The van der Waals surface area contributed by atoms with Crippen molar-refractivity contribution in [2.24, 2.45) is 0 Å². The fourth-order valence-corrected chi connectivity index (χ4v) is 2.68. The van der Waals surface area contributed by atoms with Gasteiger partial charge in [-0.2, -0.15) is 0 Å². The van der Waals surface area contributed by atoms with Gasteiger partial charge in [0.25, 0.3) is 5.24 Å². The Morgan fingerprint density at radius 3 is 1.95 bits per heavy atom. The Morgan fingerprint density at radius 1 is 0.900 bits per heavy atom. The van der Waals surface area contributed by atoms with Gasteiger partial charge in [0.15, 0.2) is 0 Å². The lowest BCUT2D eigenvalue weighted by Gasteiger charge is -2.09. The van der Waals surface area contributed by atoms with Crippen LogP contribution in [0.5, 0.6) is 0 Å². The van der Waals surface area contributed by atoms with Crippen LogP contribution in [0, 0.1) is 5.82 Å². The van der Waals surface area contributed by atoms with E-state index in [0.717, 1.165) is 6.07 Å². The molecule has 20 heavy (non-hydrogen) atoms. The van der Waals surface area contributed by atoms with Crippen LogP contribution in [0.25, 0.3) is 11.1 Å². The predicted octanol–water partition coefficient (Wildman–Crippen LogP) is 6.49. The summed E-state index contributed by atoms with van der Waals surface area (Å²) < 4.78 is 14.1. The normalized spacial score (nSPS) is 10.7. The van der Waals surface area contributed by atoms with Gasteiger partial charge in [-0.25, -0.2) is 4.39 Å². The van der Waals surface area contributed by atoms with Crippen molar-refractivity contribution in [1.82, 2.24) is 0 Å². The highest BCUT2D eigenvalue weighted by Crippen LogP contribution is 2.37. The molecule has 0 bridgehead atoms. The van der Waals surface area contributed by atoms with Gasteiger partial charge >= 0.3 is 0 Å². The third kappa shape index (κ3) is 3.05. The van der Waals surface area contributed by atoms with Crippen LogP contribution in [-0.4, -0.2) is 5.24 Å². The first kappa shape index (κ1) is 15.9. The van der Waals surface area contributed by atoms with E-state index >= 15 is 0 Å². The molecule has 0 aliphatic heterocycles. The second kappa shape index (κ2) is 6.08. The molecular formula is C13H4Cl5FO. The molecule has 0 spiro atoms. The number of rotatable bonds is 2. The number of hydrogen-bond donors (Lipinski definition) is 0. The molecule has 0 atom stereocenters. The van der Waals surface area contributed by atoms with Gasteiger partial charge in [-0.1, -0.05) is 46.4 Å². The van der Waals surface area contributed by atoms with Crippen molar-refractivity contribution in [3.8, 4) is 11.1 Å². The lowest BCUT2D eigenvalue weighted by Crippen LogP contribution is -1.95. The summed E-state index contributed by atoms with van der Waals surface area (Å²) in [6, 6.07) is 5.14. The maximum absolute atomic E-state index is 14.1. The van der Waals surface area contributed by atoms with E-state index in [9.17, 15) is 9.18 Å². The van der Waals surface area contributed by atoms with Crippen LogP contribution in [0.4, 0.5) is 4.39 Å². The van der Waals surface area contributed by atoms with Crippen LogP contribution in [0.3, 0.4) is 0 Å². The molecule has 0 aliphatic rings. The molecule has 2 aromatic rings. The average molecular weight is 372 g/mol. The third-order valence-corrected chi connectivity index (χ3v) is 4.28. The minimum Gasteiger partial charge on any atom is -0.276 e. The van der Waals surface area contributed by atoms with E-state index in [4.69, 9.17) is 58.0 Å². The number of hydrogen-bond acceptors (Lipinski definition) is 1. The Bertz CT molecular complexity index is 691. The molecule has 0 aliphatic carbocycles. The minimum atomic E-state index is -0.840. The molecule has 0 amide bonds. The van der Waals surface area contributed by atoms with Crippen molar-refractivity contribution in [2.45, 2.75) is 0 Å². The van der Waals surface area contributed by atoms with Crippen molar-refractivity contribution in [3.05, 3.63) is 55.7 Å². The molecule has 104 valence electrons. The van der Waals surface area contributed by atoms with Crippen LogP contribution in [0.1, 0.15) is 10.4 Å². The van der Waals surface area contributed by atoms with E-state index in [2.05, 4.69) is 0 Å². The highest BCUT2D eigenvalue weighted by molar-refractivity contribution is 6.68. The summed E-state index contributed by atoms with van der Waals surface area (Å²) >= 11 is 28.8. The number of carbonyl (C=O) groups excluding carboxylic acids is 1. The van der Waals surface area contributed by atoms with Crippen molar-refractivity contribution in [3.63, 3.8) is 0 Å². The van der Waals surface area contributed by atoms with Gasteiger partial charge < -0.3 is 0 Å². The van der Waals surface area contributed by atoms with Crippen molar-refractivity contribution >= 4 is 63.2 Å². The minimum absolute atomic E-state index is 0.0311. The first-order chi connectivity index (χ1) is 9.31. The first-order valence-electron chi connectivity index (χ1n) is 5.15. The van der Waals surface area contributed by atoms with Crippen molar-refractivity contribution in [1.29, 1.82) is 0 Å². The number of benzene rings is 2. The molecule has 2 aromatic carbocycles. The van der Waals surface area contributed by atoms with Crippen LogP contribution >= 0.6 is 58.0 Å². The lowest BCUT2D eigenvalue weighted by molar-refractivity contribution is 0.108. The Morgan fingerprint density at radius 2 is 1.45 bits per heavy atom. The van der Waals surface area contributed by atoms with Gasteiger partial charge in [0.1, 0.15) is 5.82 Å². The van der Waals surface area contributed by atoms with Crippen molar-refractivity contribution in [2.75, 3.05) is 0 Å². The SMILES string of the molecule is O=C(Cl)c1cc(F)c(-c2cc(Cl)c(Cl)c(Cl)c2)cc1Cl.